The van der Waals surface area contributed by atoms with Gasteiger partial charge in [-0.3, -0.25) is 4.79 Å². The Hall–Kier alpha value is -0.0900. The third-order valence-electron chi connectivity index (χ3n) is 1.99. The minimum absolute atomic E-state index is 0.331. The number of carbonyl (C=O) groups is 1. The van der Waals surface area contributed by atoms with Crippen molar-refractivity contribution in [1.82, 2.24) is 4.90 Å². The fourth-order valence-electron chi connectivity index (χ4n) is 1.15. The molecule has 1 rings (SSSR count). The molecule has 0 aliphatic heterocycles. The molecule has 0 spiro atoms. The summed E-state index contributed by atoms with van der Waals surface area (Å²) in [6.45, 7) is 0. The van der Waals surface area contributed by atoms with Crippen molar-refractivity contribution in [1.29, 1.82) is 0 Å². The summed E-state index contributed by atoms with van der Waals surface area (Å²) >= 11 is 19.1. The van der Waals surface area contributed by atoms with E-state index in [1.807, 2.05) is 30.3 Å². The predicted molar refractivity (Wildman–Crippen MR) is 75.1 cm³/mol. The standard InChI is InChI=1S/C11H12Cl3NOS/c1-15(2)10(16)11(14,9(12)13)17-8-6-4-3-5-7-8/h3-7,9H,1-2H3. The molecule has 0 fully saturated rings. The van der Waals surface area contributed by atoms with Gasteiger partial charge in [0.1, 0.15) is 4.84 Å². The van der Waals surface area contributed by atoms with Gasteiger partial charge >= 0.3 is 0 Å². The highest BCUT2D eigenvalue weighted by Crippen LogP contribution is 2.44. The Labute approximate surface area is 120 Å². The normalized spacial score (nSPS) is 14.5. The Morgan fingerprint density at radius 2 is 1.82 bits per heavy atom. The summed E-state index contributed by atoms with van der Waals surface area (Å²) in [5, 5.41) is 0. The lowest BCUT2D eigenvalue weighted by molar-refractivity contribution is -0.128. The zero-order valence-electron chi connectivity index (χ0n) is 9.36. The van der Waals surface area contributed by atoms with Crippen LogP contribution in [0.5, 0.6) is 0 Å². The van der Waals surface area contributed by atoms with E-state index in [9.17, 15) is 4.79 Å². The average Bonchev–Trinajstić information content (AvgIpc) is 2.28. The smallest absolute Gasteiger partial charge is 0.256 e. The molecular weight excluding hydrogens is 301 g/mol. The molecule has 0 aliphatic carbocycles. The van der Waals surface area contributed by atoms with Crippen molar-refractivity contribution in [3.05, 3.63) is 30.3 Å². The summed E-state index contributed by atoms with van der Waals surface area (Å²) in [4.78, 5) is 13.2. The van der Waals surface area contributed by atoms with Crippen molar-refractivity contribution < 1.29 is 4.79 Å². The Bertz CT molecular complexity index is 386. The largest absolute Gasteiger partial charge is 0.346 e. The molecule has 0 aromatic heterocycles. The lowest BCUT2D eigenvalue weighted by atomic mass is 10.4. The number of hydrogen-bond acceptors (Lipinski definition) is 2. The van der Waals surface area contributed by atoms with E-state index in [0.717, 1.165) is 16.7 Å². The number of halogens is 3. The Kier molecular flexibility index (Phi) is 5.45. The first kappa shape index (κ1) is 15.0. The fraction of sp³-hybridized carbons (Fsp3) is 0.364. The highest BCUT2D eigenvalue weighted by Gasteiger charge is 2.45. The third-order valence-corrected chi connectivity index (χ3v) is 4.95. The van der Waals surface area contributed by atoms with Crippen LogP contribution in [0.4, 0.5) is 0 Å². The van der Waals surface area contributed by atoms with Gasteiger partial charge in [-0.1, -0.05) is 41.6 Å². The molecule has 0 aliphatic rings. The zero-order valence-corrected chi connectivity index (χ0v) is 12.4. The van der Waals surface area contributed by atoms with E-state index in [1.165, 1.54) is 4.90 Å². The van der Waals surface area contributed by atoms with E-state index < -0.39 is 9.04 Å². The third kappa shape index (κ3) is 3.68. The van der Waals surface area contributed by atoms with Crippen LogP contribution in [0.3, 0.4) is 0 Å². The fourth-order valence-corrected chi connectivity index (χ4v) is 3.03. The van der Waals surface area contributed by atoms with E-state index in [1.54, 1.807) is 14.1 Å². The summed E-state index contributed by atoms with van der Waals surface area (Å²) in [7, 11) is 3.22. The Morgan fingerprint density at radius 3 is 2.24 bits per heavy atom. The molecule has 94 valence electrons. The van der Waals surface area contributed by atoms with Gasteiger partial charge in [0.25, 0.3) is 5.91 Å². The maximum Gasteiger partial charge on any atom is 0.256 e. The van der Waals surface area contributed by atoms with Crippen LogP contribution in [0, 0.1) is 0 Å². The van der Waals surface area contributed by atoms with Gasteiger partial charge in [-0.25, -0.2) is 0 Å². The second-order valence-corrected chi connectivity index (χ2v) is 6.80. The Balaban J connectivity index is 2.98. The van der Waals surface area contributed by atoms with Gasteiger partial charge in [0.2, 0.25) is 4.21 Å². The van der Waals surface area contributed by atoms with Crippen molar-refractivity contribution in [3.63, 3.8) is 0 Å². The van der Waals surface area contributed by atoms with E-state index >= 15 is 0 Å². The van der Waals surface area contributed by atoms with Crippen molar-refractivity contribution in [2.75, 3.05) is 14.1 Å². The lowest BCUT2D eigenvalue weighted by Gasteiger charge is -2.29. The quantitative estimate of drug-likeness (QED) is 0.625. The zero-order chi connectivity index (χ0) is 13.1. The minimum Gasteiger partial charge on any atom is -0.346 e. The summed E-state index contributed by atoms with van der Waals surface area (Å²) in [5.41, 5.74) is 0. The molecule has 0 bridgehead atoms. The van der Waals surface area contributed by atoms with Gasteiger partial charge in [0, 0.05) is 19.0 Å². The van der Waals surface area contributed by atoms with Crippen molar-refractivity contribution >= 4 is 52.5 Å². The van der Waals surface area contributed by atoms with Crippen LogP contribution >= 0.6 is 46.6 Å². The molecule has 1 unspecified atom stereocenters. The van der Waals surface area contributed by atoms with E-state index in [-0.39, 0.29) is 5.91 Å². The molecule has 0 saturated carbocycles. The molecule has 0 saturated heterocycles. The maximum absolute atomic E-state index is 12.0. The number of amides is 1. The first-order valence-electron chi connectivity index (χ1n) is 4.81. The molecule has 6 heteroatoms. The molecule has 17 heavy (non-hydrogen) atoms. The second kappa shape index (κ2) is 6.19. The highest BCUT2D eigenvalue weighted by molar-refractivity contribution is 8.03. The summed E-state index contributed by atoms with van der Waals surface area (Å²) in [6, 6.07) is 9.29. The number of alkyl halides is 3. The molecule has 0 heterocycles. The van der Waals surface area contributed by atoms with Gasteiger partial charge in [-0.15, -0.1) is 23.2 Å². The minimum atomic E-state index is -1.41. The first-order valence-corrected chi connectivity index (χ1v) is 6.87. The Morgan fingerprint density at radius 1 is 1.29 bits per heavy atom. The van der Waals surface area contributed by atoms with Crippen LogP contribution in [0.15, 0.2) is 35.2 Å². The summed E-state index contributed by atoms with van der Waals surface area (Å²) in [6.07, 6.45) is 0. The lowest BCUT2D eigenvalue weighted by Crippen LogP contribution is -2.43. The molecule has 1 atom stereocenters. The summed E-state index contributed by atoms with van der Waals surface area (Å²) in [5.74, 6) is -0.331. The monoisotopic (exact) mass is 311 g/mol. The first-order chi connectivity index (χ1) is 7.88. The molecular formula is C11H12Cl3NOS. The van der Waals surface area contributed by atoms with Gasteiger partial charge in [-0.05, 0) is 12.1 Å². The number of hydrogen-bond donors (Lipinski definition) is 0. The van der Waals surface area contributed by atoms with Crippen LogP contribution < -0.4 is 0 Å². The van der Waals surface area contributed by atoms with Crippen LogP contribution in [-0.4, -0.2) is 33.9 Å². The molecule has 0 radical (unpaired) electrons. The predicted octanol–water partition coefficient (Wildman–Crippen LogP) is 3.61. The number of carbonyl (C=O) groups excluding carboxylic acids is 1. The number of nitrogens with zero attached hydrogens (tertiary/aromatic N) is 1. The van der Waals surface area contributed by atoms with Crippen LogP contribution in [0.25, 0.3) is 0 Å². The van der Waals surface area contributed by atoms with Crippen LogP contribution in [0.1, 0.15) is 0 Å². The molecule has 1 amide bonds. The SMILES string of the molecule is CN(C)C(=O)C(Cl)(Sc1ccccc1)C(Cl)Cl. The number of rotatable bonds is 4. The van der Waals surface area contributed by atoms with Gasteiger partial charge in [0.15, 0.2) is 0 Å². The average molecular weight is 313 g/mol. The van der Waals surface area contributed by atoms with Gasteiger partial charge in [-0.2, -0.15) is 0 Å². The van der Waals surface area contributed by atoms with Crippen LogP contribution in [0.2, 0.25) is 0 Å². The number of thioether (sulfide) groups is 1. The number of benzene rings is 1. The highest BCUT2D eigenvalue weighted by atomic mass is 35.5. The van der Waals surface area contributed by atoms with Crippen LogP contribution in [-0.2, 0) is 4.79 Å². The topological polar surface area (TPSA) is 20.3 Å². The van der Waals surface area contributed by atoms with E-state index in [0.29, 0.717) is 0 Å². The van der Waals surface area contributed by atoms with Crippen molar-refractivity contribution in [3.8, 4) is 0 Å². The van der Waals surface area contributed by atoms with Crippen molar-refractivity contribution in [2.45, 2.75) is 13.9 Å². The van der Waals surface area contributed by atoms with Crippen molar-refractivity contribution in [2.24, 2.45) is 0 Å². The van der Waals surface area contributed by atoms with E-state index in [2.05, 4.69) is 0 Å². The molecule has 1 aromatic carbocycles. The van der Waals surface area contributed by atoms with Gasteiger partial charge in [0.05, 0.1) is 0 Å². The van der Waals surface area contributed by atoms with E-state index in [4.69, 9.17) is 34.8 Å². The summed E-state index contributed by atoms with van der Waals surface area (Å²) < 4.78 is -1.41. The molecule has 1 aromatic rings. The molecule has 0 N–H and O–H groups in total. The van der Waals surface area contributed by atoms with Gasteiger partial charge < -0.3 is 4.90 Å². The molecule has 2 nitrogen and oxygen atoms in total. The second-order valence-electron chi connectivity index (χ2n) is 3.56. The maximum atomic E-state index is 12.0.